The zero-order valence-corrected chi connectivity index (χ0v) is 8.49. The molecule has 7 heteroatoms. The fourth-order valence-electron chi connectivity index (χ4n) is 0.737. The lowest BCUT2D eigenvalue weighted by atomic mass is 10.3. The predicted molar refractivity (Wildman–Crippen MR) is 54.5 cm³/mol. The minimum absolute atomic E-state index is 0.0538. The van der Waals surface area contributed by atoms with Gasteiger partial charge in [0.25, 0.3) is 5.69 Å². The lowest BCUT2D eigenvalue weighted by Gasteiger charge is -1.97. The van der Waals surface area contributed by atoms with Crippen molar-refractivity contribution in [1.29, 1.82) is 0 Å². The lowest BCUT2D eigenvalue weighted by Crippen LogP contribution is -2.02. The molecule has 0 unspecified atom stereocenters. The number of non-ortho nitro benzene ring substituents is 1. The van der Waals surface area contributed by atoms with Crippen LogP contribution in [-0.2, 0) is 0 Å². The first kappa shape index (κ1) is 13.8. The van der Waals surface area contributed by atoms with E-state index < -0.39 is 11.1 Å². The Labute approximate surface area is 91.0 Å². The Morgan fingerprint density at radius 3 is 2.19 bits per heavy atom. The Hall–Kier alpha value is -2.15. The molecule has 1 rings (SSSR count). The Balaban J connectivity index is 0.000000673. The summed E-state index contributed by atoms with van der Waals surface area (Å²) < 4.78 is 4.24. The molecule has 16 heavy (non-hydrogen) atoms. The predicted octanol–water partition coefficient (Wildman–Crippen LogP) is 1.65. The van der Waals surface area contributed by atoms with Gasteiger partial charge in [0.05, 0.1) is 4.92 Å². The highest BCUT2D eigenvalue weighted by molar-refractivity contribution is 5.61. The highest BCUT2D eigenvalue weighted by Crippen LogP contribution is 2.17. The Morgan fingerprint density at radius 1 is 1.44 bits per heavy atom. The number of nitro benzene ring substituents is 1. The molecule has 0 atom stereocenters. The van der Waals surface area contributed by atoms with Gasteiger partial charge in [-0.2, -0.15) is 0 Å². The monoisotopic (exact) mass is 229 g/mol. The van der Waals surface area contributed by atoms with Gasteiger partial charge in [-0.05, 0) is 19.1 Å². The molecule has 0 heterocycles. The molecule has 0 radical (unpaired) electrons. The third-order valence-corrected chi connectivity index (χ3v) is 1.25. The van der Waals surface area contributed by atoms with E-state index in [4.69, 9.17) is 10.2 Å². The number of aliphatic hydroxyl groups is 1. The summed E-state index contributed by atoms with van der Waals surface area (Å²) in [5.41, 5.74) is -0.113. The zero-order chi connectivity index (χ0) is 12.6. The summed E-state index contributed by atoms with van der Waals surface area (Å²) in [5, 5.41) is 25.9. The third kappa shape index (κ3) is 5.55. The molecule has 0 amide bonds. The number of nitro groups is 1. The zero-order valence-electron chi connectivity index (χ0n) is 8.49. The molecule has 1 aromatic carbocycles. The summed E-state index contributed by atoms with van der Waals surface area (Å²) in [4.78, 5) is 19.6. The van der Waals surface area contributed by atoms with Gasteiger partial charge in [0, 0.05) is 18.7 Å². The van der Waals surface area contributed by atoms with E-state index in [1.807, 2.05) is 0 Å². The first-order chi connectivity index (χ1) is 7.51. The lowest BCUT2D eigenvalue weighted by molar-refractivity contribution is -0.384. The van der Waals surface area contributed by atoms with E-state index in [2.05, 4.69) is 4.74 Å². The van der Waals surface area contributed by atoms with Crippen molar-refractivity contribution in [2.24, 2.45) is 0 Å². The number of aliphatic hydroxyl groups excluding tert-OH is 1. The molecule has 7 nitrogen and oxygen atoms in total. The van der Waals surface area contributed by atoms with Crippen LogP contribution in [0.2, 0.25) is 0 Å². The third-order valence-electron chi connectivity index (χ3n) is 1.25. The van der Waals surface area contributed by atoms with E-state index in [0.29, 0.717) is 0 Å². The fraction of sp³-hybridized carbons (Fsp3) is 0.222. The number of hydrogen-bond acceptors (Lipinski definition) is 5. The summed E-state index contributed by atoms with van der Waals surface area (Å²) in [5.74, 6) is 0.0538. The SMILES string of the molecule is CCO.O=C(O)Oc1ccc([N+](=O)[O-])cc1. The van der Waals surface area contributed by atoms with Crippen molar-refractivity contribution in [3.05, 3.63) is 34.4 Å². The average molecular weight is 229 g/mol. The molecule has 88 valence electrons. The van der Waals surface area contributed by atoms with Gasteiger partial charge in [0.15, 0.2) is 0 Å². The number of rotatable bonds is 2. The van der Waals surface area contributed by atoms with Crippen molar-refractivity contribution in [3.63, 3.8) is 0 Å². The highest BCUT2D eigenvalue weighted by atomic mass is 16.7. The van der Waals surface area contributed by atoms with E-state index in [0.717, 1.165) is 12.1 Å². The number of hydrogen-bond donors (Lipinski definition) is 2. The minimum Gasteiger partial charge on any atom is -0.449 e. The number of carboxylic acid groups (broad SMARTS) is 1. The first-order valence-electron chi connectivity index (χ1n) is 4.27. The van der Waals surface area contributed by atoms with Crippen molar-refractivity contribution < 1.29 is 24.7 Å². The molecule has 0 saturated heterocycles. The Bertz CT molecular complexity index is 348. The van der Waals surface area contributed by atoms with E-state index >= 15 is 0 Å². The van der Waals surface area contributed by atoms with Gasteiger partial charge in [-0.25, -0.2) is 4.79 Å². The largest absolute Gasteiger partial charge is 0.511 e. The van der Waals surface area contributed by atoms with E-state index in [1.165, 1.54) is 12.1 Å². The van der Waals surface area contributed by atoms with Gasteiger partial charge in [-0.1, -0.05) is 0 Å². The Kier molecular flexibility index (Phi) is 6.22. The molecule has 0 spiro atoms. The molecular formula is C9H11NO6. The summed E-state index contributed by atoms with van der Waals surface area (Å²) in [6.07, 6.45) is -1.45. The van der Waals surface area contributed by atoms with Crippen molar-refractivity contribution in [1.82, 2.24) is 0 Å². The number of carbonyl (C=O) groups is 1. The summed E-state index contributed by atoms with van der Waals surface area (Å²) in [6.45, 7) is 1.93. The smallest absolute Gasteiger partial charge is 0.449 e. The van der Waals surface area contributed by atoms with Gasteiger partial charge in [0.2, 0.25) is 0 Å². The van der Waals surface area contributed by atoms with Crippen LogP contribution in [-0.4, -0.2) is 27.9 Å². The van der Waals surface area contributed by atoms with Crippen LogP contribution in [0.25, 0.3) is 0 Å². The van der Waals surface area contributed by atoms with Crippen molar-refractivity contribution in [3.8, 4) is 5.75 Å². The normalized spacial score (nSPS) is 8.62. The second-order valence-corrected chi connectivity index (χ2v) is 2.44. The van der Waals surface area contributed by atoms with Gasteiger partial charge in [-0.15, -0.1) is 0 Å². The van der Waals surface area contributed by atoms with Crippen molar-refractivity contribution in [2.75, 3.05) is 6.61 Å². The second-order valence-electron chi connectivity index (χ2n) is 2.44. The molecule has 0 aliphatic rings. The molecule has 0 fully saturated rings. The molecule has 2 N–H and O–H groups in total. The number of ether oxygens (including phenoxy) is 1. The van der Waals surface area contributed by atoms with Crippen LogP contribution >= 0.6 is 0 Å². The van der Waals surface area contributed by atoms with Crippen LogP contribution in [0.1, 0.15) is 6.92 Å². The van der Waals surface area contributed by atoms with Crippen molar-refractivity contribution in [2.45, 2.75) is 6.92 Å². The Morgan fingerprint density at radius 2 is 1.88 bits per heavy atom. The number of nitrogens with zero attached hydrogens (tertiary/aromatic N) is 1. The van der Waals surface area contributed by atoms with Crippen LogP contribution in [0.5, 0.6) is 5.75 Å². The molecule has 0 aliphatic carbocycles. The standard InChI is InChI=1S/C7H5NO5.C2H6O/c9-7(10)13-6-3-1-5(2-4-6)8(11)12;1-2-3/h1-4H,(H,9,10);3H,2H2,1H3. The topological polar surface area (TPSA) is 110 Å². The second kappa shape index (κ2) is 7.18. The molecule has 0 aliphatic heterocycles. The minimum atomic E-state index is -1.45. The quantitative estimate of drug-likeness (QED) is 0.345. The van der Waals surface area contributed by atoms with Gasteiger partial charge in [-0.3, -0.25) is 10.1 Å². The van der Waals surface area contributed by atoms with Crippen molar-refractivity contribution >= 4 is 11.8 Å². The maximum atomic E-state index is 10.2. The fourth-order valence-corrected chi connectivity index (χ4v) is 0.737. The molecule has 0 aromatic heterocycles. The maximum absolute atomic E-state index is 10.2. The van der Waals surface area contributed by atoms with E-state index in [9.17, 15) is 14.9 Å². The van der Waals surface area contributed by atoms with Gasteiger partial charge < -0.3 is 14.9 Å². The molecular weight excluding hydrogens is 218 g/mol. The van der Waals surface area contributed by atoms with Crippen LogP contribution in [0, 0.1) is 10.1 Å². The number of benzene rings is 1. The highest BCUT2D eigenvalue weighted by Gasteiger charge is 2.05. The average Bonchev–Trinajstić information content (AvgIpc) is 2.18. The molecule has 0 bridgehead atoms. The molecule has 1 aromatic rings. The summed E-state index contributed by atoms with van der Waals surface area (Å²) >= 11 is 0. The van der Waals surface area contributed by atoms with Crippen LogP contribution in [0.4, 0.5) is 10.5 Å². The van der Waals surface area contributed by atoms with Gasteiger partial charge >= 0.3 is 6.16 Å². The maximum Gasteiger partial charge on any atom is 0.511 e. The van der Waals surface area contributed by atoms with Crippen LogP contribution in [0.3, 0.4) is 0 Å². The summed E-state index contributed by atoms with van der Waals surface area (Å²) in [6, 6.07) is 4.76. The van der Waals surface area contributed by atoms with Crippen LogP contribution < -0.4 is 4.74 Å². The van der Waals surface area contributed by atoms with E-state index in [1.54, 1.807) is 6.92 Å². The molecule has 0 saturated carbocycles. The van der Waals surface area contributed by atoms with Gasteiger partial charge in [0.1, 0.15) is 5.75 Å². The summed E-state index contributed by atoms with van der Waals surface area (Å²) in [7, 11) is 0. The first-order valence-corrected chi connectivity index (χ1v) is 4.27. The van der Waals surface area contributed by atoms with Crippen LogP contribution in [0.15, 0.2) is 24.3 Å². The van der Waals surface area contributed by atoms with E-state index in [-0.39, 0.29) is 18.0 Å².